The Morgan fingerprint density at radius 1 is 1.16 bits per heavy atom. The van der Waals surface area contributed by atoms with Crippen LogP contribution in [0.1, 0.15) is 39.0 Å². The van der Waals surface area contributed by atoms with Crippen molar-refractivity contribution in [1.82, 2.24) is 5.32 Å². The summed E-state index contributed by atoms with van der Waals surface area (Å²) in [6.07, 6.45) is 1.89. The fourth-order valence-corrected chi connectivity index (χ4v) is 2.39. The Morgan fingerprint density at radius 2 is 1.84 bits per heavy atom. The Hall–Kier alpha value is -2.27. The number of benzene rings is 1. The van der Waals surface area contributed by atoms with Gasteiger partial charge in [0.05, 0.1) is 11.9 Å². The van der Waals surface area contributed by atoms with Crippen LogP contribution in [0.3, 0.4) is 0 Å². The summed E-state index contributed by atoms with van der Waals surface area (Å²) < 4.78 is 10.7. The monoisotopic (exact) mass is 345 g/mol. The number of hydrogen-bond donors (Lipinski definition) is 2. The number of rotatable bonds is 7. The number of aliphatic hydroxyl groups is 1. The predicted molar refractivity (Wildman–Crippen MR) is 96.7 cm³/mol. The molecule has 0 aliphatic carbocycles. The fraction of sp³-hybridized carbons (Fsp3) is 0.450. The van der Waals surface area contributed by atoms with Gasteiger partial charge in [-0.05, 0) is 42.2 Å². The maximum Gasteiger partial charge on any atom is 0.258 e. The summed E-state index contributed by atoms with van der Waals surface area (Å²) in [6, 6.07) is 11.3. The standard InChI is InChI=1S/C20H27NO4/c1-19(2,3)15-7-9-16(10-8-15)25-13-18(22)21-14-20(4,23)12-17-6-5-11-24-17/h5-11,23H,12-14H2,1-4H3,(H,21,22). The van der Waals surface area contributed by atoms with Crippen molar-refractivity contribution in [2.45, 2.75) is 45.1 Å². The highest BCUT2D eigenvalue weighted by Crippen LogP contribution is 2.24. The molecule has 0 saturated carbocycles. The SMILES string of the molecule is CC(O)(CNC(=O)COc1ccc(C(C)(C)C)cc1)Cc1ccco1. The van der Waals surface area contributed by atoms with Crippen molar-refractivity contribution in [2.24, 2.45) is 0 Å². The molecule has 5 nitrogen and oxygen atoms in total. The number of nitrogens with one attached hydrogen (secondary N) is 1. The van der Waals surface area contributed by atoms with Crippen molar-refractivity contribution in [3.05, 3.63) is 54.0 Å². The molecule has 0 spiro atoms. The number of amides is 1. The van der Waals surface area contributed by atoms with Gasteiger partial charge in [0.1, 0.15) is 11.5 Å². The molecule has 1 atom stereocenters. The van der Waals surface area contributed by atoms with Crippen molar-refractivity contribution < 1.29 is 19.1 Å². The largest absolute Gasteiger partial charge is 0.484 e. The van der Waals surface area contributed by atoms with Crippen molar-refractivity contribution in [3.63, 3.8) is 0 Å². The summed E-state index contributed by atoms with van der Waals surface area (Å²) in [5, 5.41) is 13.0. The number of furan rings is 1. The average molecular weight is 345 g/mol. The Balaban J connectivity index is 1.76. The van der Waals surface area contributed by atoms with Crippen LogP contribution < -0.4 is 10.1 Å². The zero-order chi connectivity index (χ0) is 18.5. The van der Waals surface area contributed by atoms with E-state index in [9.17, 15) is 9.90 Å². The number of carbonyl (C=O) groups excluding carboxylic acids is 1. The minimum Gasteiger partial charge on any atom is -0.484 e. The second kappa shape index (κ2) is 7.74. The van der Waals surface area contributed by atoms with E-state index in [0.29, 0.717) is 17.9 Å². The molecule has 5 heteroatoms. The zero-order valence-electron chi connectivity index (χ0n) is 15.3. The van der Waals surface area contributed by atoms with Crippen LogP contribution in [0.25, 0.3) is 0 Å². The number of carbonyl (C=O) groups is 1. The molecule has 0 aliphatic heterocycles. The molecule has 0 bridgehead atoms. The van der Waals surface area contributed by atoms with E-state index in [1.54, 1.807) is 25.3 Å². The van der Waals surface area contributed by atoms with E-state index in [1.165, 1.54) is 5.56 Å². The molecule has 0 fully saturated rings. The smallest absolute Gasteiger partial charge is 0.258 e. The first-order chi connectivity index (χ1) is 11.7. The fourth-order valence-electron chi connectivity index (χ4n) is 2.39. The molecule has 25 heavy (non-hydrogen) atoms. The lowest BCUT2D eigenvalue weighted by atomic mass is 9.87. The topological polar surface area (TPSA) is 71.7 Å². The molecule has 1 aromatic carbocycles. The van der Waals surface area contributed by atoms with Gasteiger partial charge in [-0.3, -0.25) is 4.79 Å². The zero-order valence-corrected chi connectivity index (χ0v) is 15.3. The van der Waals surface area contributed by atoms with Crippen molar-refractivity contribution in [1.29, 1.82) is 0 Å². The van der Waals surface area contributed by atoms with Gasteiger partial charge in [-0.2, -0.15) is 0 Å². The van der Waals surface area contributed by atoms with E-state index >= 15 is 0 Å². The van der Waals surface area contributed by atoms with Crippen LogP contribution in [0.4, 0.5) is 0 Å². The number of ether oxygens (including phenoxy) is 1. The summed E-state index contributed by atoms with van der Waals surface area (Å²) in [5.41, 5.74) is 0.204. The first-order valence-corrected chi connectivity index (χ1v) is 8.40. The maximum atomic E-state index is 11.9. The Kier molecular flexibility index (Phi) is 5.90. The Labute approximate surface area is 149 Å². The molecule has 1 unspecified atom stereocenters. The van der Waals surface area contributed by atoms with Crippen LogP contribution in [0.15, 0.2) is 47.1 Å². The molecule has 1 amide bonds. The Morgan fingerprint density at radius 3 is 2.40 bits per heavy atom. The summed E-state index contributed by atoms with van der Waals surface area (Å²) in [4.78, 5) is 11.9. The minimum absolute atomic E-state index is 0.0788. The maximum absolute atomic E-state index is 11.9. The van der Waals surface area contributed by atoms with Gasteiger partial charge in [0.25, 0.3) is 5.91 Å². The molecule has 2 rings (SSSR count). The van der Waals surface area contributed by atoms with Crippen LogP contribution in [0, 0.1) is 0 Å². The molecular weight excluding hydrogens is 318 g/mol. The predicted octanol–water partition coefficient (Wildman–Crippen LogP) is 3.07. The van der Waals surface area contributed by atoms with Crippen LogP contribution >= 0.6 is 0 Å². The van der Waals surface area contributed by atoms with Crippen LogP contribution in [0.2, 0.25) is 0 Å². The van der Waals surface area contributed by atoms with Gasteiger partial charge in [0, 0.05) is 13.0 Å². The normalized spacial score (nSPS) is 14.0. The Bertz CT molecular complexity index is 667. The van der Waals surface area contributed by atoms with E-state index in [-0.39, 0.29) is 24.5 Å². The molecular formula is C20H27NO4. The molecule has 2 N–H and O–H groups in total. The third-order valence-corrected chi connectivity index (χ3v) is 3.89. The highest BCUT2D eigenvalue weighted by molar-refractivity contribution is 5.77. The third kappa shape index (κ3) is 6.27. The highest BCUT2D eigenvalue weighted by atomic mass is 16.5. The lowest BCUT2D eigenvalue weighted by molar-refractivity contribution is -0.124. The van der Waals surface area contributed by atoms with Crippen molar-refractivity contribution in [2.75, 3.05) is 13.2 Å². The molecule has 0 radical (unpaired) electrons. The van der Waals surface area contributed by atoms with Crippen molar-refractivity contribution in [3.8, 4) is 5.75 Å². The van der Waals surface area contributed by atoms with E-state index < -0.39 is 5.60 Å². The van der Waals surface area contributed by atoms with Gasteiger partial charge in [-0.1, -0.05) is 32.9 Å². The first kappa shape index (κ1) is 19.1. The van der Waals surface area contributed by atoms with E-state index in [0.717, 1.165) is 0 Å². The van der Waals surface area contributed by atoms with Crippen LogP contribution in [0.5, 0.6) is 5.75 Å². The quantitative estimate of drug-likeness (QED) is 0.809. The van der Waals surface area contributed by atoms with Crippen LogP contribution in [-0.4, -0.2) is 29.8 Å². The first-order valence-electron chi connectivity index (χ1n) is 8.40. The van der Waals surface area contributed by atoms with Crippen molar-refractivity contribution >= 4 is 5.91 Å². The van der Waals surface area contributed by atoms with Gasteiger partial charge in [0.2, 0.25) is 0 Å². The molecule has 136 valence electrons. The van der Waals surface area contributed by atoms with Gasteiger partial charge in [-0.15, -0.1) is 0 Å². The molecule has 0 aliphatic rings. The average Bonchev–Trinajstić information content (AvgIpc) is 3.03. The van der Waals surface area contributed by atoms with Crippen LogP contribution in [-0.2, 0) is 16.6 Å². The molecule has 1 heterocycles. The van der Waals surface area contributed by atoms with E-state index in [2.05, 4.69) is 26.1 Å². The van der Waals surface area contributed by atoms with Gasteiger partial charge in [-0.25, -0.2) is 0 Å². The lowest BCUT2D eigenvalue weighted by Crippen LogP contribution is -2.43. The van der Waals surface area contributed by atoms with Gasteiger partial charge < -0.3 is 19.6 Å². The number of hydrogen-bond acceptors (Lipinski definition) is 4. The second-order valence-corrected chi connectivity index (χ2v) is 7.59. The molecule has 0 saturated heterocycles. The minimum atomic E-state index is -1.08. The summed E-state index contributed by atoms with van der Waals surface area (Å²) in [5.74, 6) is 1.04. The van der Waals surface area contributed by atoms with E-state index in [4.69, 9.17) is 9.15 Å². The van der Waals surface area contributed by atoms with E-state index in [1.807, 2.05) is 24.3 Å². The summed E-state index contributed by atoms with van der Waals surface area (Å²) >= 11 is 0. The molecule has 2 aromatic rings. The summed E-state index contributed by atoms with van der Waals surface area (Å²) in [6.45, 7) is 8.12. The van der Waals surface area contributed by atoms with Gasteiger partial charge >= 0.3 is 0 Å². The van der Waals surface area contributed by atoms with Gasteiger partial charge in [0.15, 0.2) is 6.61 Å². The summed E-state index contributed by atoms with van der Waals surface area (Å²) in [7, 11) is 0. The molecule has 1 aromatic heterocycles. The highest BCUT2D eigenvalue weighted by Gasteiger charge is 2.23. The third-order valence-electron chi connectivity index (χ3n) is 3.89. The lowest BCUT2D eigenvalue weighted by Gasteiger charge is -2.22. The second-order valence-electron chi connectivity index (χ2n) is 7.59.